The summed E-state index contributed by atoms with van der Waals surface area (Å²) in [6, 6.07) is 14.4. The van der Waals surface area contributed by atoms with Crippen LogP contribution in [0, 0.1) is 10.1 Å². The molecule has 0 saturated carbocycles. The zero-order valence-corrected chi connectivity index (χ0v) is 52.9. The standard InChI is InChI=1S/C62H74N16O15S2/c1-32(79)51-60(89)74-49(58(87)70-44(52(65)81)28-36-9-16-37-6-2-3-7-38(37)24-36)31-95-94-30-48(73-53(82)42(64)25-33-14-21-41(22-15-33)78(92)93)59(88)72-46(27-34-10-17-39(18-11-34)67-55(84)47-29-50(80)76-62(91)75-47)57(86)71-45(26-35-12-19-40(20-13-35)68-61(66)90)56(85)69-43(54(83)77-51)8-4-5-23-63/h2-3,6-7,9-22,24,32,42-49,51,79H,4-5,8,23,25-31,63-64H2,1H3,(H2,65,81)(H,67,84)(H,69,85)(H,70,87)(H,71,86)(H,72,88)(H,73,82)(H,74,89)(H,77,83)(H3,66,68,90)(H2,75,76,80,91)/t32-,42-,43+,44+,45-,46+,47+,48-,49+,51+/m1/s1. The van der Waals surface area contributed by atoms with Gasteiger partial charge in [-0.3, -0.25) is 63.4 Å². The maximum absolute atomic E-state index is 15.1. The van der Waals surface area contributed by atoms with E-state index in [9.17, 15) is 63.2 Å². The van der Waals surface area contributed by atoms with Crippen molar-refractivity contribution in [1.29, 1.82) is 0 Å². The number of aliphatic hydroxyl groups excluding tert-OH is 1. The first-order valence-corrected chi connectivity index (χ1v) is 32.5. The Hall–Kier alpha value is -10.2. The number of primary amides is 2. The smallest absolute Gasteiger partial charge is 0.322 e. The molecule has 2 heterocycles. The van der Waals surface area contributed by atoms with E-state index in [4.69, 9.17) is 22.9 Å². The van der Waals surface area contributed by atoms with Gasteiger partial charge in [0.05, 0.1) is 23.5 Å². The fourth-order valence-electron chi connectivity index (χ4n) is 10.0. The third-order valence-electron chi connectivity index (χ3n) is 15.2. The van der Waals surface area contributed by atoms with E-state index < -0.39 is 137 Å². The Balaban J connectivity index is 1.26. The SMILES string of the molecule is C[C@@H](O)[C@@H]1NC(=O)[C@H](CCCCN)NC(=O)[C@@H](Cc2ccc(NC(N)=O)cc2)NC(=O)[C@H](Cc2ccc(NC(=O)[C@@H]3CC(=O)NC(=O)N3)cc2)NC(=O)[C@H](NC(=O)[C@H](N)Cc2ccc([N+](=O)[O-])cc2)CSSC[C@@H](C(=O)N[C@@H](Cc2ccc3ccccc3c2)C(N)=O)NC1=O. The summed E-state index contributed by atoms with van der Waals surface area (Å²) in [7, 11) is 1.79. The molecule has 5 aromatic carbocycles. The number of rotatable bonds is 22. The molecule has 2 aliphatic rings. The predicted octanol–water partition coefficient (Wildman–Crippen LogP) is -0.843. The summed E-state index contributed by atoms with van der Waals surface area (Å²) in [5.41, 5.74) is 25.4. The maximum Gasteiger partial charge on any atom is 0.322 e. The summed E-state index contributed by atoms with van der Waals surface area (Å²) in [4.78, 5) is 175. The van der Waals surface area contributed by atoms with Gasteiger partial charge in [0.2, 0.25) is 59.1 Å². The molecule has 0 aromatic heterocycles. The molecular weight excluding hydrogens is 1270 g/mol. The lowest BCUT2D eigenvalue weighted by Crippen LogP contribution is -2.62. The molecule has 20 N–H and O–H groups in total. The van der Waals surface area contributed by atoms with E-state index in [2.05, 4.69) is 53.2 Å². The summed E-state index contributed by atoms with van der Waals surface area (Å²) in [6.07, 6.45) is -2.47. The number of urea groups is 2. The van der Waals surface area contributed by atoms with Crippen molar-refractivity contribution in [1.82, 2.24) is 47.9 Å². The minimum atomic E-state index is -1.81. The zero-order valence-electron chi connectivity index (χ0n) is 51.3. The summed E-state index contributed by atoms with van der Waals surface area (Å²) >= 11 is 0. The van der Waals surface area contributed by atoms with Crippen molar-refractivity contribution >= 4 is 121 Å². The van der Waals surface area contributed by atoms with Gasteiger partial charge in [-0.25, -0.2) is 9.59 Å². The van der Waals surface area contributed by atoms with Crippen LogP contribution in [0.3, 0.4) is 0 Å². The summed E-state index contributed by atoms with van der Waals surface area (Å²) in [6.45, 7) is 1.36. The van der Waals surface area contributed by atoms with Gasteiger partial charge in [-0.15, -0.1) is 0 Å². The second-order valence-corrected chi connectivity index (χ2v) is 25.1. The summed E-state index contributed by atoms with van der Waals surface area (Å²) < 4.78 is 0. The molecule has 31 nitrogen and oxygen atoms in total. The van der Waals surface area contributed by atoms with E-state index in [0.29, 0.717) is 28.7 Å². The highest BCUT2D eigenvalue weighted by Crippen LogP contribution is 2.25. The number of carbonyl (C=O) groups excluding carboxylic acids is 12. The first kappa shape index (κ1) is 72.2. The normalized spacial score (nSPS) is 21.0. The molecule has 2 saturated heterocycles. The molecule has 0 radical (unpaired) electrons. The quantitative estimate of drug-likeness (QED) is 0.0174. The Labute approximate surface area is 551 Å². The van der Waals surface area contributed by atoms with Crippen molar-refractivity contribution in [3.63, 3.8) is 0 Å². The largest absolute Gasteiger partial charge is 0.391 e. The maximum atomic E-state index is 15.1. The fourth-order valence-corrected chi connectivity index (χ4v) is 12.4. The number of benzene rings is 5. The number of carbonyl (C=O) groups is 12. The minimum absolute atomic E-state index is 0.0876. The lowest BCUT2D eigenvalue weighted by atomic mass is 10.0. The summed E-state index contributed by atoms with van der Waals surface area (Å²) in [5, 5.41) is 52.1. The number of fused-ring (bicyclic) bond motifs is 1. The Morgan fingerprint density at radius 1 is 0.632 bits per heavy atom. The molecule has 33 heteroatoms. The number of unbranched alkanes of at least 4 members (excludes halogenated alkanes) is 1. The number of imide groups is 1. The molecule has 10 atom stereocenters. The van der Waals surface area contributed by atoms with Crippen LogP contribution >= 0.6 is 21.6 Å². The molecule has 5 aromatic rings. The van der Waals surface area contributed by atoms with Crippen LogP contribution in [-0.2, 0) is 73.6 Å². The van der Waals surface area contributed by atoms with E-state index in [1.807, 2.05) is 41.7 Å². The van der Waals surface area contributed by atoms with Gasteiger partial charge in [0.15, 0.2) is 0 Å². The Kier molecular flexibility index (Phi) is 26.3. The van der Waals surface area contributed by atoms with E-state index in [-0.39, 0.29) is 80.1 Å². The number of hydrogen-bond donors (Lipinski definition) is 16. The molecule has 504 valence electrons. The number of anilines is 2. The molecule has 95 heavy (non-hydrogen) atoms. The van der Waals surface area contributed by atoms with Gasteiger partial charge in [-0.2, -0.15) is 0 Å². The van der Waals surface area contributed by atoms with Crippen molar-refractivity contribution in [2.24, 2.45) is 22.9 Å². The highest BCUT2D eigenvalue weighted by atomic mass is 33.1. The molecule has 7 rings (SSSR count). The van der Waals surface area contributed by atoms with Crippen LogP contribution in [-0.4, -0.2) is 160 Å². The molecule has 0 spiro atoms. The van der Waals surface area contributed by atoms with Gasteiger partial charge in [0.1, 0.15) is 48.3 Å². The van der Waals surface area contributed by atoms with Crippen molar-refractivity contribution in [3.8, 4) is 0 Å². The van der Waals surface area contributed by atoms with Crippen molar-refractivity contribution < 1.29 is 67.6 Å². The Bertz CT molecular complexity index is 3650. The monoisotopic (exact) mass is 1350 g/mol. The van der Waals surface area contributed by atoms with Gasteiger partial charge < -0.3 is 81.2 Å². The van der Waals surface area contributed by atoms with Crippen LogP contribution in [0.15, 0.2) is 115 Å². The van der Waals surface area contributed by atoms with Crippen LogP contribution in [0.4, 0.5) is 26.7 Å². The topological polar surface area (TPSA) is 505 Å². The van der Waals surface area contributed by atoms with Gasteiger partial charge in [0.25, 0.3) is 5.69 Å². The second kappa shape index (κ2) is 34.6. The highest BCUT2D eigenvalue weighted by molar-refractivity contribution is 8.76. The minimum Gasteiger partial charge on any atom is -0.391 e. The number of nitrogens with two attached hydrogens (primary N) is 4. The number of nitrogens with zero attached hydrogens (tertiary/aromatic N) is 1. The lowest BCUT2D eigenvalue weighted by molar-refractivity contribution is -0.384. The Morgan fingerprint density at radius 2 is 1.20 bits per heavy atom. The first-order chi connectivity index (χ1) is 45.3. The number of aliphatic hydroxyl groups is 1. The number of hydrogen-bond acceptors (Lipinski definition) is 19. The van der Waals surface area contributed by atoms with Gasteiger partial charge >= 0.3 is 12.1 Å². The highest BCUT2D eigenvalue weighted by Gasteiger charge is 2.37. The van der Waals surface area contributed by atoms with Crippen LogP contribution in [0.5, 0.6) is 0 Å². The Morgan fingerprint density at radius 3 is 1.79 bits per heavy atom. The molecule has 0 unspecified atom stereocenters. The third kappa shape index (κ3) is 21.9. The average molecular weight is 1350 g/mol. The molecule has 14 amide bonds. The molecule has 2 fully saturated rings. The fraction of sp³-hybridized carbons (Fsp3) is 0.355. The molecular formula is C62H74N16O15S2. The number of nitro groups is 1. The van der Waals surface area contributed by atoms with Crippen LogP contribution in [0.1, 0.15) is 54.9 Å². The first-order valence-electron chi connectivity index (χ1n) is 30.0. The van der Waals surface area contributed by atoms with Crippen molar-refractivity contribution in [2.45, 2.75) is 119 Å². The molecule has 0 bridgehead atoms. The zero-order chi connectivity index (χ0) is 68.9. The van der Waals surface area contributed by atoms with Crippen molar-refractivity contribution in [3.05, 3.63) is 148 Å². The van der Waals surface area contributed by atoms with Gasteiger partial charge in [-0.1, -0.05) is 100 Å². The number of non-ortho nitro benzene ring substituents is 1. The van der Waals surface area contributed by atoms with Crippen molar-refractivity contribution in [2.75, 3.05) is 28.7 Å². The molecule has 0 aliphatic carbocycles. The predicted molar refractivity (Wildman–Crippen MR) is 352 cm³/mol. The van der Waals surface area contributed by atoms with Gasteiger partial charge in [-0.05, 0) is 96.4 Å². The van der Waals surface area contributed by atoms with E-state index in [1.165, 1.54) is 79.7 Å². The number of nitrogens with one attached hydrogen (secondary N) is 11. The van der Waals surface area contributed by atoms with Crippen LogP contribution in [0.2, 0.25) is 0 Å². The molecule has 2 aliphatic heterocycles. The number of amides is 14. The van der Waals surface area contributed by atoms with Crippen LogP contribution < -0.4 is 81.4 Å². The second-order valence-electron chi connectivity index (χ2n) is 22.5. The van der Waals surface area contributed by atoms with E-state index >= 15 is 9.59 Å². The summed E-state index contributed by atoms with van der Waals surface area (Å²) in [5.74, 6) is -9.94. The average Bonchev–Trinajstić information content (AvgIpc) is 0.899. The number of nitro benzene ring substituents is 1. The van der Waals surface area contributed by atoms with E-state index in [0.717, 1.165) is 32.4 Å². The van der Waals surface area contributed by atoms with Crippen LogP contribution in [0.25, 0.3) is 10.8 Å². The lowest BCUT2D eigenvalue weighted by Gasteiger charge is -2.29. The third-order valence-corrected chi connectivity index (χ3v) is 17.6. The van der Waals surface area contributed by atoms with Gasteiger partial charge in [0, 0.05) is 54.3 Å². The van der Waals surface area contributed by atoms with E-state index in [1.54, 1.807) is 6.07 Å².